The number of ether oxygens (including phenoxy) is 3. The predicted molar refractivity (Wildman–Crippen MR) is 210 cm³/mol. The normalized spacial score (nSPS) is 11.9. The minimum atomic E-state index is -0.757. The van der Waals surface area contributed by atoms with Gasteiger partial charge in [0.05, 0.1) is 0 Å². The van der Waals surface area contributed by atoms with Crippen molar-refractivity contribution in [3.8, 4) is 0 Å². The summed E-state index contributed by atoms with van der Waals surface area (Å²) in [6, 6.07) is 0. The lowest BCUT2D eigenvalue weighted by Crippen LogP contribution is -2.30. The summed E-state index contributed by atoms with van der Waals surface area (Å²) in [7, 11) is 0. The molecule has 296 valence electrons. The molecule has 0 saturated heterocycles. The molecule has 0 aromatic carbocycles. The van der Waals surface area contributed by atoms with E-state index in [9.17, 15) is 14.4 Å². The first-order valence-electron chi connectivity index (χ1n) is 21.9. The molecular formula is C44H84O6. The lowest BCUT2D eigenvalue weighted by molar-refractivity contribution is -0.167. The summed E-state index contributed by atoms with van der Waals surface area (Å²) in [4.78, 5) is 37.5. The van der Waals surface area contributed by atoms with Crippen LogP contribution in [0.4, 0.5) is 0 Å². The van der Waals surface area contributed by atoms with E-state index in [4.69, 9.17) is 14.2 Å². The summed E-state index contributed by atoms with van der Waals surface area (Å²) in [5, 5.41) is 0. The van der Waals surface area contributed by atoms with Crippen LogP contribution < -0.4 is 0 Å². The smallest absolute Gasteiger partial charge is 0.306 e. The molecule has 0 saturated carbocycles. The van der Waals surface area contributed by atoms with Crippen molar-refractivity contribution < 1.29 is 28.6 Å². The molecule has 0 rings (SSSR count). The van der Waals surface area contributed by atoms with E-state index in [1.54, 1.807) is 0 Å². The molecule has 0 spiro atoms. The van der Waals surface area contributed by atoms with E-state index < -0.39 is 6.10 Å². The van der Waals surface area contributed by atoms with Gasteiger partial charge in [0.1, 0.15) is 13.2 Å². The summed E-state index contributed by atoms with van der Waals surface area (Å²) in [5.74, 6) is -0.0451. The standard InChI is InChI=1S/C44H84O6/c1-5-7-9-11-13-14-15-16-20-24-27-31-35-42(45)48-38-41(50-44(47)37-33-29-22-12-10-8-6-2)39-49-43(46)36-32-28-25-21-18-17-19-23-26-30-34-40(3)4/h40-41H,5-39H2,1-4H3/t41-/m0/s1. The second-order valence-electron chi connectivity index (χ2n) is 15.5. The van der Waals surface area contributed by atoms with Crippen LogP contribution in [0.25, 0.3) is 0 Å². The summed E-state index contributed by atoms with van der Waals surface area (Å²) in [5.41, 5.74) is 0. The third-order valence-electron chi connectivity index (χ3n) is 9.79. The molecule has 1 atom stereocenters. The van der Waals surface area contributed by atoms with E-state index in [2.05, 4.69) is 27.7 Å². The van der Waals surface area contributed by atoms with E-state index in [0.717, 1.165) is 63.7 Å². The lowest BCUT2D eigenvalue weighted by Gasteiger charge is -2.18. The molecule has 0 radical (unpaired) electrons. The Bertz CT molecular complexity index is 751. The van der Waals surface area contributed by atoms with Crippen LogP contribution in [0.1, 0.15) is 240 Å². The topological polar surface area (TPSA) is 78.9 Å². The van der Waals surface area contributed by atoms with Crippen LogP contribution in [0.5, 0.6) is 0 Å². The predicted octanol–water partition coefficient (Wildman–Crippen LogP) is 13.6. The zero-order valence-electron chi connectivity index (χ0n) is 33.9. The van der Waals surface area contributed by atoms with Crippen LogP contribution in [0.15, 0.2) is 0 Å². The van der Waals surface area contributed by atoms with Gasteiger partial charge in [0.25, 0.3) is 0 Å². The Balaban J connectivity index is 4.25. The first-order valence-corrected chi connectivity index (χ1v) is 21.9. The molecule has 0 aliphatic carbocycles. The van der Waals surface area contributed by atoms with Gasteiger partial charge in [-0.1, -0.05) is 201 Å². The fraction of sp³-hybridized carbons (Fsp3) is 0.932. The van der Waals surface area contributed by atoms with Crippen LogP contribution in [0.3, 0.4) is 0 Å². The maximum atomic E-state index is 12.6. The third kappa shape index (κ3) is 37.7. The molecule has 0 unspecified atom stereocenters. The molecule has 0 heterocycles. The van der Waals surface area contributed by atoms with E-state index in [0.29, 0.717) is 19.3 Å². The zero-order valence-corrected chi connectivity index (χ0v) is 33.9. The van der Waals surface area contributed by atoms with Gasteiger partial charge in [0.2, 0.25) is 0 Å². The van der Waals surface area contributed by atoms with Crippen LogP contribution in [-0.4, -0.2) is 37.2 Å². The van der Waals surface area contributed by atoms with Gasteiger partial charge in [-0.25, -0.2) is 0 Å². The van der Waals surface area contributed by atoms with Gasteiger partial charge in [-0.2, -0.15) is 0 Å². The molecule has 0 aromatic heterocycles. The Hall–Kier alpha value is -1.59. The average Bonchev–Trinajstić information content (AvgIpc) is 3.09. The van der Waals surface area contributed by atoms with Gasteiger partial charge >= 0.3 is 17.9 Å². The highest BCUT2D eigenvalue weighted by Crippen LogP contribution is 2.16. The van der Waals surface area contributed by atoms with Crippen molar-refractivity contribution in [1.29, 1.82) is 0 Å². The highest BCUT2D eigenvalue weighted by Gasteiger charge is 2.19. The van der Waals surface area contributed by atoms with Gasteiger partial charge in [0, 0.05) is 19.3 Å². The molecule has 50 heavy (non-hydrogen) atoms. The van der Waals surface area contributed by atoms with Crippen molar-refractivity contribution in [3.63, 3.8) is 0 Å². The number of carbonyl (C=O) groups is 3. The van der Waals surface area contributed by atoms with Gasteiger partial charge in [-0.15, -0.1) is 0 Å². The maximum absolute atomic E-state index is 12.6. The quantitative estimate of drug-likeness (QED) is 0.0359. The molecule has 0 bridgehead atoms. The van der Waals surface area contributed by atoms with Crippen molar-refractivity contribution >= 4 is 17.9 Å². The SMILES string of the molecule is CCCCCCCCCCCCCCC(=O)OC[C@@H](COC(=O)CCCCCCCCCCCCC(C)C)OC(=O)CCCCCCCCC. The number of hydrogen-bond donors (Lipinski definition) is 0. The number of carbonyl (C=O) groups excluding carboxylic acids is 3. The fourth-order valence-electron chi connectivity index (χ4n) is 6.45. The maximum Gasteiger partial charge on any atom is 0.306 e. The Kier molecular flexibility index (Phi) is 37.4. The van der Waals surface area contributed by atoms with Crippen LogP contribution >= 0.6 is 0 Å². The van der Waals surface area contributed by atoms with E-state index in [-0.39, 0.29) is 31.1 Å². The van der Waals surface area contributed by atoms with Gasteiger partial charge < -0.3 is 14.2 Å². The van der Waals surface area contributed by atoms with Gasteiger partial charge in [-0.05, 0) is 25.2 Å². The van der Waals surface area contributed by atoms with Crippen molar-refractivity contribution in [2.45, 2.75) is 246 Å². The van der Waals surface area contributed by atoms with Crippen LogP contribution in [-0.2, 0) is 28.6 Å². The van der Waals surface area contributed by atoms with Crippen molar-refractivity contribution in [2.75, 3.05) is 13.2 Å². The lowest BCUT2D eigenvalue weighted by atomic mass is 10.0. The minimum absolute atomic E-state index is 0.0646. The van der Waals surface area contributed by atoms with E-state index in [1.807, 2.05) is 0 Å². The Labute approximate surface area is 310 Å². The van der Waals surface area contributed by atoms with Crippen molar-refractivity contribution in [2.24, 2.45) is 5.92 Å². The molecule has 0 fully saturated rings. The van der Waals surface area contributed by atoms with E-state index >= 15 is 0 Å². The zero-order chi connectivity index (χ0) is 36.8. The van der Waals surface area contributed by atoms with Crippen LogP contribution in [0.2, 0.25) is 0 Å². The van der Waals surface area contributed by atoms with Crippen molar-refractivity contribution in [3.05, 3.63) is 0 Å². The highest BCUT2D eigenvalue weighted by atomic mass is 16.6. The molecule has 0 aliphatic rings. The number of unbranched alkanes of at least 4 members (excludes halogenated alkanes) is 26. The average molecular weight is 709 g/mol. The molecule has 6 heteroatoms. The second kappa shape index (κ2) is 38.6. The first-order chi connectivity index (χ1) is 24.4. The minimum Gasteiger partial charge on any atom is -0.462 e. The Morgan fingerprint density at radius 1 is 0.380 bits per heavy atom. The van der Waals surface area contributed by atoms with Crippen LogP contribution in [0, 0.1) is 5.92 Å². The largest absolute Gasteiger partial charge is 0.462 e. The molecule has 0 N–H and O–H groups in total. The monoisotopic (exact) mass is 709 g/mol. The summed E-state index contributed by atoms with van der Waals surface area (Å²) < 4.78 is 16.6. The van der Waals surface area contributed by atoms with Gasteiger partial charge in [0.15, 0.2) is 6.10 Å². The second-order valence-corrected chi connectivity index (χ2v) is 15.5. The molecule has 0 aliphatic heterocycles. The first kappa shape index (κ1) is 48.4. The number of hydrogen-bond acceptors (Lipinski definition) is 6. The molecule has 6 nitrogen and oxygen atoms in total. The fourth-order valence-corrected chi connectivity index (χ4v) is 6.45. The molecular weight excluding hydrogens is 624 g/mol. The Morgan fingerprint density at radius 3 is 0.980 bits per heavy atom. The molecule has 0 amide bonds. The highest BCUT2D eigenvalue weighted by molar-refractivity contribution is 5.71. The number of esters is 3. The Morgan fingerprint density at radius 2 is 0.660 bits per heavy atom. The van der Waals surface area contributed by atoms with Gasteiger partial charge in [-0.3, -0.25) is 14.4 Å². The summed E-state index contributed by atoms with van der Waals surface area (Å²) in [6.45, 7) is 8.93. The van der Waals surface area contributed by atoms with Crippen molar-refractivity contribution in [1.82, 2.24) is 0 Å². The van der Waals surface area contributed by atoms with E-state index in [1.165, 1.54) is 135 Å². The number of rotatable bonds is 39. The third-order valence-corrected chi connectivity index (χ3v) is 9.79. The summed E-state index contributed by atoms with van der Waals surface area (Å²) >= 11 is 0. The summed E-state index contributed by atoms with van der Waals surface area (Å²) in [6.07, 6.45) is 36.7. The molecule has 0 aromatic rings.